The molecule has 2 rings (SSSR count). The predicted octanol–water partition coefficient (Wildman–Crippen LogP) is 4.30. The van der Waals surface area contributed by atoms with Crippen molar-refractivity contribution in [1.29, 1.82) is 0 Å². The lowest BCUT2D eigenvalue weighted by Gasteiger charge is -2.22. The summed E-state index contributed by atoms with van der Waals surface area (Å²) in [7, 11) is 0. The van der Waals surface area contributed by atoms with Crippen molar-refractivity contribution in [2.45, 2.75) is 43.5 Å². The standard InChI is InChI=1S/C15H16ClF3N2O3S/c1-14(2,3)24-13(23)21-10-6-25-11-8(16)4-7(15(17,18)19)5-9(11)20-12(10)22/h4-5,10H,6H2,1-3H3,(H,20,22)(H,21,23)/t10-/m0/s1. The van der Waals surface area contributed by atoms with Crippen LogP contribution in [0.4, 0.5) is 23.7 Å². The molecular formula is C15H16ClF3N2O3S. The minimum Gasteiger partial charge on any atom is -0.444 e. The summed E-state index contributed by atoms with van der Waals surface area (Å²) in [6.45, 7) is 5.01. The molecule has 138 valence electrons. The molecule has 5 nitrogen and oxygen atoms in total. The molecule has 0 bridgehead atoms. The minimum atomic E-state index is -4.59. The van der Waals surface area contributed by atoms with E-state index in [1.807, 2.05) is 0 Å². The van der Waals surface area contributed by atoms with E-state index in [1.165, 1.54) is 0 Å². The molecule has 0 saturated carbocycles. The summed E-state index contributed by atoms with van der Waals surface area (Å²) in [6.07, 6.45) is -5.38. The van der Waals surface area contributed by atoms with Crippen LogP contribution in [-0.4, -0.2) is 29.4 Å². The number of halogens is 4. The highest BCUT2D eigenvalue weighted by molar-refractivity contribution is 7.99. The number of carbonyl (C=O) groups excluding carboxylic acids is 2. The Morgan fingerprint density at radius 3 is 2.56 bits per heavy atom. The van der Waals surface area contributed by atoms with Gasteiger partial charge in [0.2, 0.25) is 5.91 Å². The first-order valence-corrected chi connectivity index (χ1v) is 8.57. The summed E-state index contributed by atoms with van der Waals surface area (Å²) < 4.78 is 43.8. The molecule has 0 aliphatic carbocycles. The topological polar surface area (TPSA) is 67.4 Å². The van der Waals surface area contributed by atoms with E-state index in [9.17, 15) is 22.8 Å². The summed E-state index contributed by atoms with van der Waals surface area (Å²) in [5.41, 5.74) is -1.74. The van der Waals surface area contributed by atoms with Gasteiger partial charge in [-0.2, -0.15) is 13.2 Å². The second-order valence-corrected chi connectivity index (χ2v) is 7.77. The first-order chi connectivity index (χ1) is 11.4. The van der Waals surface area contributed by atoms with Gasteiger partial charge in [0.05, 0.1) is 16.3 Å². The average Bonchev–Trinajstić information content (AvgIpc) is 2.55. The van der Waals surface area contributed by atoms with E-state index in [4.69, 9.17) is 16.3 Å². The first kappa shape index (κ1) is 19.7. The van der Waals surface area contributed by atoms with Crippen LogP contribution in [0, 0.1) is 0 Å². The van der Waals surface area contributed by atoms with Crippen molar-refractivity contribution < 1.29 is 27.5 Å². The van der Waals surface area contributed by atoms with Crippen molar-refractivity contribution in [3.63, 3.8) is 0 Å². The highest BCUT2D eigenvalue weighted by Gasteiger charge is 2.34. The number of benzene rings is 1. The zero-order chi connectivity index (χ0) is 19.0. The fraction of sp³-hybridized carbons (Fsp3) is 0.467. The summed E-state index contributed by atoms with van der Waals surface area (Å²) in [6, 6.07) is 0.654. The maximum atomic E-state index is 12.9. The number of fused-ring (bicyclic) bond motifs is 1. The molecule has 0 unspecified atom stereocenters. The van der Waals surface area contributed by atoms with Gasteiger partial charge in [0, 0.05) is 10.6 Å². The number of ether oxygens (including phenoxy) is 1. The van der Waals surface area contributed by atoms with Crippen molar-refractivity contribution in [3.05, 3.63) is 22.7 Å². The van der Waals surface area contributed by atoms with Crippen LogP contribution in [0.25, 0.3) is 0 Å². The van der Waals surface area contributed by atoms with E-state index >= 15 is 0 Å². The van der Waals surface area contributed by atoms with E-state index in [0.717, 1.165) is 23.9 Å². The van der Waals surface area contributed by atoms with Gasteiger partial charge in [0.15, 0.2) is 0 Å². The molecule has 0 aromatic heterocycles. The number of rotatable bonds is 1. The molecule has 0 saturated heterocycles. The van der Waals surface area contributed by atoms with Crippen molar-refractivity contribution in [3.8, 4) is 0 Å². The van der Waals surface area contributed by atoms with Crippen LogP contribution in [-0.2, 0) is 15.7 Å². The maximum absolute atomic E-state index is 12.9. The third-order valence-corrected chi connectivity index (χ3v) is 4.67. The van der Waals surface area contributed by atoms with Crippen molar-refractivity contribution in [1.82, 2.24) is 5.32 Å². The van der Waals surface area contributed by atoms with Crippen molar-refractivity contribution in [2.24, 2.45) is 0 Å². The molecule has 2 N–H and O–H groups in total. The molecule has 10 heteroatoms. The Kier molecular flexibility index (Phi) is 5.48. The summed E-state index contributed by atoms with van der Waals surface area (Å²) >= 11 is 7.00. The van der Waals surface area contributed by atoms with Crippen LogP contribution in [0.1, 0.15) is 26.3 Å². The Bertz CT molecular complexity index is 704. The second-order valence-electron chi connectivity index (χ2n) is 6.33. The Balaban J connectivity index is 2.20. The Morgan fingerprint density at radius 1 is 1.36 bits per heavy atom. The number of alkyl carbamates (subject to hydrolysis) is 1. The Hall–Kier alpha value is -1.61. The molecule has 0 fully saturated rings. The van der Waals surface area contributed by atoms with E-state index in [2.05, 4.69) is 10.6 Å². The molecule has 0 spiro atoms. The lowest BCUT2D eigenvalue weighted by Crippen LogP contribution is -2.46. The highest BCUT2D eigenvalue weighted by atomic mass is 35.5. The van der Waals surface area contributed by atoms with Crippen molar-refractivity contribution in [2.75, 3.05) is 11.1 Å². The fourth-order valence-electron chi connectivity index (χ4n) is 2.02. The maximum Gasteiger partial charge on any atom is 0.416 e. The lowest BCUT2D eigenvalue weighted by atomic mass is 10.2. The molecule has 2 amide bonds. The van der Waals surface area contributed by atoms with Gasteiger partial charge in [-0.25, -0.2) is 4.79 Å². The monoisotopic (exact) mass is 396 g/mol. The number of anilines is 1. The summed E-state index contributed by atoms with van der Waals surface area (Å²) in [4.78, 5) is 24.4. The first-order valence-electron chi connectivity index (χ1n) is 7.21. The quantitative estimate of drug-likeness (QED) is 0.742. The molecule has 1 aromatic carbocycles. The normalized spacial score (nSPS) is 18.0. The van der Waals surface area contributed by atoms with E-state index in [0.29, 0.717) is 4.90 Å². The number of hydrogen-bond donors (Lipinski definition) is 2. The zero-order valence-corrected chi connectivity index (χ0v) is 15.2. The van der Waals surface area contributed by atoms with E-state index < -0.39 is 35.4 Å². The molecular weight excluding hydrogens is 381 g/mol. The number of carbonyl (C=O) groups is 2. The van der Waals surface area contributed by atoms with Crippen LogP contribution < -0.4 is 10.6 Å². The molecule has 25 heavy (non-hydrogen) atoms. The van der Waals surface area contributed by atoms with Gasteiger partial charge in [-0.3, -0.25) is 4.79 Å². The van der Waals surface area contributed by atoms with Gasteiger partial charge in [0.1, 0.15) is 11.6 Å². The average molecular weight is 397 g/mol. The molecule has 1 aliphatic rings. The summed E-state index contributed by atoms with van der Waals surface area (Å²) in [5, 5.41) is 4.67. The highest BCUT2D eigenvalue weighted by Crippen LogP contribution is 2.41. The van der Waals surface area contributed by atoms with Crippen molar-refractivity contribution >= 4 is 41.1 Å². The molecule has 0 radical (unpaired) electrons. The fourth-order valence-corrected chi connectivity index (χ4v) is 3.43. The van der Waals surface area contributed by atoms with E-state index in [-0.39, 0.29) is 16.5 Å². The zero-order valence-electron chi connectivity index (χ0n) is 13.6. The summed E-state index contributed by atoms with van der Waals surface area (Å²) in [5.74, 6) is -0.545. The van der Waals surface area contributed by atoms with Gasteiger partial charge in [-0.05, 0) is 32.9 Å². The second kappa shape index (κ2) is 6.95. The van der Waals surface area contributed by atoms with E-state index in [1.54, 1.807) is 20.8 Å². The van der Waals surface area contributed by atoms with Gasteiger partial charge >= 0.3 is 12.3 Å². The number of amides is 2. The molecule has 1 atom stereocenters. The van der Waals surface area contributed by atoms with Gasteiger partial charge < -0.3 is 15.4 Å². The van der Waals surface area contributed by atoms with Crippen LogP contribution in [0.3, 0.4) is 0 Å². The van der Waals surface area contributed by atoms with Gasteiger partial charge in [0.25, 0.3) is 0 Å². The molecule has 1 aromatic rings. The van der Waals surface area contributed by atoms with Crippen LogP contribution in [0.15, 0.2) is 17.0 Å². The predicted molar refractivity (Wildman–Crippen MR) is 89.0 cm³/mol. The molecule has 1 aliphatic heterocycles. The molecule has 1 heterocycles. The Morgan fingerprint density at radius 2 is 2.00 bits per heavy atom. The third-order valence-electron chi connectivity index (χ3n) is 3.03. The number of nitrogens with one attached hydrogen (secondary N) is 2. The smallest absolute Gasteiger partial charge is 0.416 e. The van der Waals surface area contributed by atoms with Gasteiger partial charge in [-0.15, -0.1) is 11.8 Å². The lowest BCUT2D eigenvalue weighted by molar-refractivity contribution is -0.137. The van der Waals surface area contributed by atoms with Gasteiger partial charge in [-0.1, -0.05) is 11.6 Å². The largest absolute Gasteiger partial charge is 0.444 e. The number of hydrogen-bond acceptors (Lipinski definition) is 4. The van der Waals surface area contributed by atoms with Crippen LogP contribution in [0.5, 0.6) is 0 Å². The third kappa shape index (κ3) is 5.18. The van der Waals surface area contributed by atoms with Crippen LogP contribution in [0.2, 0.25) is 5.02 Å². The number of thioether (sulfide) groups is 1. The Labute approximate surface area is 151 Å². The van der Waals surface area contributed by atoms with Crippen LogP contribution >= 0.6 is 23.4 Å². The number of alkyl halides is 3. The minimum absolute atomic E-state index is 0.0386. The SMILES string of the molecule is CC(C)(C)OC(=O)N[C@H]1CSc2c(Cl)cc(C(F)(F)F)cc2NC1=O.